The van der Waals surface area contributed by atoms with Gasteiger partial charge in [-0.1, -0.05) is 193 Å². The Balaban J connectivity index is 1.23. The predicted octanol–water partition coefficient (Wildman–Crippen LogP) is 23.2. The van der Waals surface area contributed by atoms with Crippen LogP contribution in [0.5, 0.6) is 0 Å². The Labute approximate surface area is 524 Å². The average molecular weight is 1200 g/mol. The molecule has 0 N–H and O–H groups in total. The monoisotopic (exact) mass is 1200 g/mol. The fourth-order valence-corrected chi connectivity index (χ4v) is 17.6. The molecule has 0 radical (unpaired) electrons. The number of hydrogen-bond donors (Lipinski definition) is 0. The van der Waals surface area contributed by atoms with Gasteiger partial charge < -0.3 is 18.3 Å². The standard InChI is InChI=1S/C81H55F2N5S2/c1-80(2,3)45-31-34-58(62(41-45)81(4,5)6)71-76(85-63-25-13-9-21-50(63)59-42-46(82)32-39-67(59)85)72(87-65-27-15-7-19-48(65)54-35-37-56-52-23-11-17-29-69(52)89-78(56)74(54)87)61(44-84)73(77(71)86-64-26-14-10-22-51(64)60-43-47(83)33-40-68(60)86)88-66-28-16-8-20-49(66)55-36-38-57-53-24-12-18-30-70(53)90-79(57)75(55)88/h7-43H,1-6H3. The Hall–Kier alpha value is -10.4. The molecule has 0 saturated carbocycles. The van der Waals surface area contributed by atoms with Gasteiger partial charge in [0.05, 0.1) is 76.3 Å². The maximum atomic E-state index is 16.4. The van der Waals surface area contributed by atoms with Crippen molar-refractivity contribution in [1.82, 2.24) is 18.3 Å². The van der Waals surface area contributed by atoms with Crippen LogP contribution < -0.4 is 0 Å². The smallest absolute Gasteiger partial charge is 0.123 e. The molecule has 0 saturated heterocycles. The molecule has 0 amide bonds. The van der Waals surface area contributed by atoms with Gasteiger partial charge in [0.25, 0.3) is 0 Å². The fraction of sp³-hybridized carbons (Fsp3) is 0.0988. The summed E-state index contributed by atoms with van der Waals surface area (Å²) in [6.07, 6.45) is 0. The first kappa shape index (κ1) is 52.7. The van der Waals surface area contributed by atoms with Crippen molar-refractivity contribution in [2.45, 2.75) is 52.4 Å². The molecule has 12 aromatic carbocycles. The van der Waals surface area contributed by atoms with E-state index in [1.165, 1.54) is 5.56 Å². The van der Waals surface area contributed by atoms with Gasteiger partial charge in [-0.25, -0.2) is 8.78 Å². The molecule has 0 fully saturated rings. The molecule has 0 atom stereocenters. The summed E-state index contributed by atoms with van der Waals surface area (Å²) in [6, 6.07) is 80.7. The first-order valence-electron chi connectivity index (χ1n) is 30.6. The topological polar surface area (TPSA) is 43.5 Å². The van der Waals surface area contributed by atoms with Crippen LogP contribution in [0.3, 0.4) is 0 Å². The third-order valence-electron chi connectivity index (χ3n) is 19.0. The summed E-state index contributed by atoms with van der Waals surface area (Å²) in [6.45, 7) is 13.7. The van der Waals surface area contributed by atoms with E-state index in [0.29, 0.717) is 16.9 Å². The number of thiophene rings is 2. The van der Waals surface area contributed by atoms with Crippen molar-refractivity contribution in [2.75, 3.05) is 0 Å². The SMILES string of the molecule is CC(C)(C)c1ccc(-c2c(-n3c4ccccc4c4cc(F)ccc43)c(-n3c4ccccc4c4ccc5c6ccccc6sc5c43)c(C#N)c(-n3c4ccccc4c4ccc5c6ccccc6sc5c43)c2-n2c3ccccc3c3cc(F)ccc32)c(C(C)(C)C)c1. The molecule has 6 aromatic heterocycles. The third-order valence-corrected chi connectivity index (χ3v) is 21.4. The van der Waals surface area contributed by atoms with E-state index < -0.39 is 5.41 Å². The minimum Gasteiger partial charge on any atom is -0.306 e. The number of nitrogens with zero attached hydrogens (tertiary/aromatic N) is 5. The van der Waals surface area contributed by atoms with E-state index in [-0.39, 0.29) is 17.0 Å². The van der Waals surface area contributed by atoms with Crippen LogP contribution in [0.2, 0.25) is 0 Å². The molecule has 0 bridgehead atoms. The summed E-state index contributed by atoms with van der Waals surface area (Å²) in [7, 11) is 0. The molecule has 430 valence electrons. The summed E-state index contributed by atoms with van der Waals surface area (Å²) >= 11 is 3.54. The van der Waals surface area contributed by atoms with Crippen molar-refractivity contribution in [1.29, 1.82) is 5.26 Å². The maximum absolute atomic E-state index is 16.4. The largest absolute Gasteiger partial charge is 0.306 e. The lowest BCUT2D eigenvalue weighted by Crippen LogP contribution is -2.20. The van der Waals surface area contributed by atoms with Crippen molar-refractivity contribution in [3.63, 3.8) is 0 Å². The van der Waals surface area contributed by atoms with Gasteiger partial charge in [0, 0.05) is 79.6 Å². The van der Waals surface area contributed by atoms with Crippen LogP contribution in [-0.2, 0) is 10.8 Å². The van der Waals surface area contributed by atoms with Gasteiger partial charge in [-0.15, -0.1) is 22.7 Å². The molecule has 18 rings (SSSR count). The number of benzene rings is 12. The number of fused-ring (bicyclic) bond motifs is 20. The Bertz CT molecular complexity index is 5900. The highest BCUT2D eigenvalue weighted by Crippen LogP contribution is 2.55. The second-order valence-electron chi connectivity index (χ2n) is 26.1. The van der Waals surface area contributed by atoms with Crippen LogP contribution in [-0.4, -0.2) is 18.3 Å². The first-order chi connectivity index (χ1) is 43.7. The molecule has 5 nitrogen and oxygen atoms in total. The van der Waals surface area contributed by atoms with E-state index in [4.69, 9.17) is 0 Å². The van der Waals surface area contributed by atoms with Crippen molar-refractivity contribution in [3.05, 3.63) is 253 Å². The van der Waals surface area contributed by atoms with Crippen molar-refractivity contribution in [3.8, 4) is 39.9 Å². The summed E-state index contributed by atoms with van der Waals surface area (Å²) < 4.78 is 46.8. The fourth-order valence-electron chi connectivity index (χ4n) is 15.1. The van der Waals surface area contributed by atoms with E-state index in [0.717, 1.165) is 156 Å². The molecule has 0 unspecified atom stereocenters. The van der Waals surface area contributed by atoms with Crippen molar-refractivity contribution < 1.29 is 8.78 Å². The van der Waals surface area contributed by atoms with E-state index in [9.17, 15) is 5.26 Å². The molecular weight excluding hydrogens is 1150 g/mol. The minimum absolute atomic E-state index is 0.240. The van der Waals surface area contributed by atoms with E-state index in [1.807, 2.05) is 24.3 Å². The van der Waals surface area contributed by atoms with Crippen LogP contribution in [0.1, 0.15) is 58.2 Å². The molecule has 0 spiro atoms. The lowest BCUT2D eigenvalue weighted by Gasteiger charge is -2.33. The van der Waals surface area contributed by atoms with Crippen molar-refractivity contribution >= 4 is 150 Å². The van der Waals surface area contributed by atoms with Crippen LogP contribution >= 0.6 is 22.7 Å². The van der Waals surface area contributed by atoms with Crippen LogP contribution in [0.4, 0.5) is 8.78 Å². The van der Waals surface area contributed by atoms with Gasteiger partial charge in [0.15, 0.2) is 0 Å². The molecule has 0 aliphatic carbocycles. The molecule has 18 aromatic rings. The van der Waals surface area contributed by atoms with E-state index in [1.54, 1.807) is 46.9 Å². The molecule has 0 aliphatic rings. The maximum Gasteiger partial charge on any atom is 0.123 e. The second kappa shape index (κ2) is 18.8. The lowest BCUT2D eigenvalue weighted by molar-refractivity contribution is 0.569. The van der Waals surface area contributed by atoms with Gasteiger partial charge in [-0.2, -0.15) is 5.26 Å². The zero-order valence-corrected chi connectivity index (χ0v) is 51.8. The lowest BCUT2D eigenvalue weighted by atomic mass is 9.76. The Morgan fingerprint density at radius 1 is 0.344 bits per heavy atom. The molecular formula is C81H55F2N5S2. The van der Waals surface area contributed by atoms with Crippen LogP contribution in [0.25, 0.3) is 161 Å². The van der Waals surface area contributed by atoms with Gasteiger partial charge in [0.2, 0.25) is 0 Å². The number of aromatic nitrogens is 4. The van der Waals surface area contributed by atoms with Gasteiger partial charge in [-0.05, 0) is 100 Å². The Morgan fingerprint density at radius 2 is 0.722 bits per heavy atom. The van der Waals surface area contributed by atoms with Gasteiger partial charge in [-0.3, -0.25) is 0 Å². The average Bonchev–Trinajstić information content (AvgIpc) is 1.39. The predicted molar refractivity (Wildman–Crippen MR) is 377 cm³/mol. The molecule has 0 aliphatic heterocycles. The third kappa shape index (κ3) is 7.26. The van der Waals surface area contributed by atoms with Gasteiger partial charge >= 0.3 is 0 Å². The first-order valence-corrected chi connectivity index (χ1v) is 32.2. The summed E-state index contributed by atoms with van der Waals surface area (Å²) in [5.41, 5.74) is 13.6. The quantitative estimate of drug-likeness (QED) is 0.169. The number of rotatable bonds is 5. The summed E-state index contributed by atoms with van der Waals surface area (Å²) in [5.74, 6) is -0.697. The highest BCUT2D eigenvalue weighted by Gasteiger charge is 2.38. The van der Waals surface area contributed by atoms with Crippen LogP contribution in [0, 0.1) is 23.0 Å². The molecule has 90 heavy (non-hydrogen) atoms. The summed E-state index contributed by atoms with van der Waals surface area (Å²) in [4.78, 5) is 0. The van der Waals surface area contributed by atoms with Crippen molar-refractivity contribution in [2.24, 2.45) is 0 Å². The van der Waals surface area contributed by atoms with Gasteiger partial charge in [0.1, 0.15) is 23.3 Å². The van der Waals surface area contributed by atoms with E-state index >= 15 is 8.78 Å². The number of para-hydroxylation sites is 4. The highest BCUT2D eigenvalue weighted by molar-refractivity contribution is 7.27. The number of hydrogen-bond acceptors (Lipinski definition) is 3. The Kier molecular flexibility index (Phi) is 11.0. The zero-order chi connectivity index (χ0) is 60.8. The second-order valence-corrected chi connectivity index (χ2v) is 28.2. The minimum atomic E-state index is -0.487. The number of halogens is 2. The zero-order valence-electron chi connectivity index (χ0n) is 50.2. The summed E-state index contributed by atoms with van der Waals surface area (Å²) in [5, 5.41) is 25.4. The normalized spacial score (nSPS) is 12.7. The molecule has 6 heterocycles. The molecule has 9 heteroatoms. The highest BCUT2D eigenvalue weighted by atomic mass is 32.1. The Morgan fingerprint density at radius 3 is 1.14 bits per heavy atom. The van der Waals surface area contributed by atoms with E-state index in [2.05, 4.69) is 242 Å². The number of nitriles is 1. The van der Waals surface area contributed by atoms with Crippen LogP contribution in [0.15, 0.2) is 224 Å².